The highest BCUT2D eigenvalue weighted by molar-refractivity contribution is 5.76. The molecule has 0 saturated carbocycles. The van der Waals surface area contributed by atoms with E-state index in [4.69, 9.17) is 0 Å². The van der Waals surface area contributed by atoms with Gasteiger partial charge in [-0.15, -0.1) is 0 Å². The standard InChI is InChI=1S/C8H11F3N4O/c9-8(10,11)4-7(16)12-3-1-2-6-13-5-14-15-6/h5H,1-4H2,(H,12,16)(H,13,14,15). The zero-order valence-electron chi connectivity index (χ0n) is 8.34. The number of carbonyl (C=O) groups is 1. The fraction of sp³-hybridized carbons (Fsp3) is 0.625. The highest BCUT2D eigenvalue weighted by Crippen LogP contribution is 2.18. The van der Waals surface area contributed by atoms with Crippen LogP contribution < -0.4 is 5.32 Å². The van der Waals surface area contributed by atoms with Crippen LogP contribution in [0.3, 0.4) is 0 Å². The van der Waals surface area contributed by atoms with E-state index in [1.807, 2.05) is 0 Å². The Morgan fingerprint density at radius 2 is 2.25 bits per heavy atom. The molecule has 16 heavy (non-hydrogen) atoms. The highest BCUT2D eigenvalue weighted by atomic mass is 19.4. The first kappa shape index (κ1) is 12.5. The number of aryl methyl sites for hydroxylation is 1. The molecule has 1 aromatic rings. The minimum Gasteiger partial charge on any atom is -0.356 e. The van der Waals surface area contributed by atoms with E-state index < -0.39 is 18.5 Å². The van der Waals surface area contributed by atoms with Crippen LogP contribution in [-0.2, 0) is 11.2 Å². The molecule has 1 heterocycles. The summed E-state index contributed by atoms with van der Waals surface area (Å²) in [4.78, 5) is 14.6. The molecule has 1 rings (SSSR count). The second-order valence-corrected chi connectivity index (χ2v) is 3.18. The molecule has 2 N–H and O–H groups in total. The predicted molar refractivity (Wildman–Crippen MR) is 48.4 cm³/mol. The topological polar surface area (TPSA) is 70.7 Å². The quantitative estimate of drug-likeness (QED) is 0.743. The van der Waals surface area contributed by atoms with Gasteiger partial charge in [0.25, 0.3) is 0 Å². The third-order valence-corrected chi connectivity index (χ3v) is 1.74. The van der Waals surface area contributed by atoms with E-state index in [2.05, 4.69) is 20.5 Å². The van der Waals surface area contributed by atoms with Crippen molar-refractivity contribution >= 4 is 5.91 Å². The summed E-state index contributed by atoms with van der Waals surface area (Å²) >= 11 is 0. The lowest BCUT2D eigenvalue weighted by Gasteiger charge is -2.06. The van der Waals surface area contributed by atoms with Gasteiger partial charge in [-0.1, -0.05) is 0 Å². The number of nitrogens with one attached hydrogen (secondary N) is 2. The number of aromatic nitrogens is 3. The Kier molecular flexibility index (Phi) is 4.27. The first-order valence-electron chi connectivity index (χ1n) is 4.65. The third-order valence-electron chi connectivity index (χ3n) is 1.74. The monoisotopic (exact) mass is 236 g/mol. The zero-order chi connectivity index (χ0) is 12.0. The maximum Gasteiger partial charge on any atom is 0.397 e. The van der Waals surface area contributed by atoms with Crippen LogP contribution in [0.5, 0.6) is 0 Å². The van der Waals surface area contributed by atoms with Crippen molar-refractivity contribution in [1.82, 2.24) is 20.5 Å². The minimum atomic E-state index is -4.45. The lowest BCUT2D eigenvalue weighted by Crippen LogP contribution is -2.29. The van der Waals surface area contributed by atoms with E-state index in [1.54, 1.807) is 0 Å². The van der Waals surface area contributed by atoms with Crippen molar-refractivity contribution in [1.29, 1.82) is 0 Å². The van der Waals surface area contributed by atoms with E-state index in [-0.39, 0.29) is 6.54 Å². The maximum atomic E-state index is 11.8. The molecule has 0 aromatic carbocycles. The second-order valence-electron chi connectivity index (χ2n) is 3.18. The Morgan fingerprint density at radius 3 is 2.81 bits per heavy atom. The second kappa shape index (κ2) is 5.47. The molecule has 8 heteroatoms. The molecule has 0 bridgehead atoms. The Labute approximate surface area is 89.4 Å². The molecule has 90 valence electrons. The molecule has 0 spiro atoms. The van der Waals surface area contributed by atoms with Gasteiger partial charge in [-0.05, 0) is 6.42 Å². The number of rotatable bonds is 5. The fourth-order valence-corrected chi connectivity index (χ4v) is 1.08. The number of H-pyrrole nitrogens is 1. The predicted octanol–water partition coefficient (Wildman–Crippen LogP) is 0.806. The van der Waals surface area contributed by atoms with E-state index >= 15 is 0 Å². The molecule has 0 aliphatic heterocycles. The molecule has 0 saturated heterocycles. The maximum absolute atomic E-state index is 11.8. The van der Waals surface area contributed by atoms with E-state index in [9.17, 15) is 18.0 Å². The zero-order valence-corrected chi connectivity index (χ0v) is 8.34. The number of carbonyl (C=O) groups excluding carboxylic acids is 1. The molecular formula is C8H11F3N4O. The van der Waals surface area contributed by atoms with Crippen molar-refractivity contribution < 1.29 is 18.0 Å². The van der Waals surface area contributed by atoms with Gasteiger partial charge in [-0.2, -0.15) is 18.3 Å². The van der Waals surface area contributed by atoms with Crippen LogP contribution in [0, 0.1) is 0 Å². The van der Waals surface area contributed by atoms with Crippen LogP contribution in [0.2, 0.25) is 0 Å². The van der Waals surface area contributed by atoms with Crippen molar-refractivity contribution in [2.45, 2.75) is 25.4 Å². The van der Waals surface area contributed by atoms with Gasteiger partial charge in [-0.25, -0.2) is 4.98 Å². The largest absolute Gasteiger partial charge is 0.397 e. The van der Waals surface area contributed by atoms with Crippen molar-refractivity contribution in [2.75, 3.05) is 6.54 Å². The van der Waals surface area contributed by atoms with Crippen LogP contribution in [-0.4, -0.2) is 33.8 Å². The normalized spacial score (nSPS) is 11.4. The molecule has 0 aliphatic carbocycles. The van der Waals surface area contributed by atoms with Gasteiger partial charge in [0.1, 0.15) is 18.6 Å². The molecule has 0 fully saturated rings. The lowest BCUT2D eigenvalue weighted by atomic mass is 10.3. The Morgan fingerprint density at radius 1 is 1.50 bits per heavy atom. The number of halogens is 3. The summed E-state index contributed by atoms with van der Waals surface area (Å²) in [5, 5.41) is 8.40. The number of alkyl halides is 3. The van der Waals surface area contributed by atoms with E-state index in [0.717, 1.165) is 0 Å². The fourth-order valence-electron chi connectivity index (χ4n) is 1.08. The van der Waals surface area contributed by atoms with Gasteiger partial charge >= 0.3 is 6.18 Å². The van der Waals surface area contributed by atoms with Crippen molar-refractivity contribution in [3.63, 3.8) is 0 Å². The molecule has 0 atom stereocenters. The molecule has 0 radical (unpaired) electrons. The first-order valence-corrected chi connectivity index (χ1v) is 4.65. The lowest BCUT2D eigenvalue weighted by molar-refractivity contribution is -0.153. The van der Waals surface area contributed by atoms with E-state index in [0.29, 0.717) is 18.7 Å². The highest BCUT2D eigenvalue weighted by Gasteiger charge is 2.30. The van der Waals surface area contributed by atoms with Gasteiger partial charge in [0, 0.05) is 13.0 Å². The van der Waals surface area contributed by atoms with Crippen LogP contribution in [0.25, 0.3) is 0 Å². The average molecular weight is 236 g/mol. The molecule has 0 unspecified atom stereocenters. The number of nitrogens with zero attached hydrogens (tertiary/aromatic N) is 2. The van der Waals surface area contributed by atoms with Crippen molar-refractivity contribution in [2.24, 2.45) is 0 Å². The smallest absolute Gasteiger partial charge is 0.356 e. The summed E-state index contributed by atoms with van der Waals surface area (Å²) in [5.74, 6) is -0.366. The number of hydrogen-bond acceptors (Lipinski definition) is 3. The number of aromatic amines is 1. The SMILES string of the molecule is O=C(CC(F)(F)F)NCCCc1ncn[nH]1. The molecular weight excluding hydrogens is 225 g/mol. The van der Waals surface area contributed by atoms with Crippen molar-refractivity contribution in [3.8, 4) is 0 Å². The summed E-state index contributed by atoms with van der Waals surface area (Å²) in [7, 11) is 0. The minimum absolute atomic E-state index is 0.190. The molecule has 1 aromatic heterocycles. The third kappa shape index (κ3) is 5.32. The molecule has 0 aliphatic rings. The van der Waals surface area contributed by atoms with Crippen LogP contribution in [0.1, 0.15) is 18.7 Å². The summed E-state index contributed by atoms with van der Waals surface area (Å²) < 4.78 is 35.3. The summed E-state index contributed by atoms with van der Waals surface area (Å²) in [6.07, 6.45) is -3.49. The average Bonchev–Trinajstić information content (AvgIpc) is 2.62. The van der Waals surface area contributed by atoms with Gasteiger partial charge in [0.2, 0.25) is 5.91 Å². The van der Waals surface area contributed by atoms with Crippen LogP contribution in [0.4, 0.5) is 13.2 Å². The van der Waals surface area contributed by atoms with Gasteiger partial charge in [0.15, 0.2) is 0 Å². The molecule has 1 amide bonds. The Balaban J connectivity index is 2.09. The number of hydrogen-bond donors (Lipinski definition) is 2. The van der Waals surface area contributed by atoms with Crippen LogP contribution in [0.15, 0.2) is 6.33 Å². The Bertz CT molecular complexity index is 323. The first-order chi connectivity index (χ1) is 7.47. The molecule has 5 nitrogen and oxygen atoms in total. The van der Waals surface area contributed by atoms with Crippen LogP contribution >= 0.6 is 0 Å². The summed E-state index contributed by atoms with van der Waals surface area (Å²) in [6, 6.07) is 0. The summed E-state index contributed by atoms with van der Waals surface area (Å²) in [6.45, 7) is 0.190. The van der Waals surface area contributed by atoms with Gasteiger partial charge in [0.05, 0.1) is 0 Å². The Hall–Kier alpha value is -1.60. The van der Waals surface area contributed by atoms with Crippen molar-refractivity contribution in [3.05, 3.63) is 12.2 Å². The van der Waals surface area contributed by atoms with E-state index in [1.165, 1.54) is 6.33 Å². The van der Waals surface area contributed by atoms with Gasteiger partial charge < -0.3 is 5.32 Å². The summed E-state index contributed by atoms with van der Waals surface area (Å²) in [5.41, 5.74) is 0. The van der Waals surface area contributed by atoms with Gasteiger partial charge in [-0.3, -0.25) is 9.89 Å². The number of amides is 1.